The number of aryl methyl sites for hydroxylation is 1. The molecule has 0 bridgehead atoms. The number of fused-ring (bicyclic) bond motifs is 1. The molecule has 9 heteroatoms. The molecule has 1 aliphatic rings. The maximum Gasteiger partial charge on any atom is 0.262 e. The van der Waals surface area contributed by atoms with E-state index >= 15 is 0 Å². The van der Waals surface area contributed by atoms with E-state index in [-0.39, 0.29) is 5.56 Å². The topological polar surface area (TPSA) is 73.5 Å². The fourth-order valence-corrected chi connectivity index (χ4v) is 5.94. The summed E-state index contributed by atoms with van der Waals surface area (Å²) in [6.45, 7) is 7.50. The molecule has 2 aromatic carbocycles. The molecule has 0 aliphatic carbocycles. The molecule has 2 N–H and O–H groups in total. The largest absolute Gasteiger partial charge is 0.370 e. The van der Waals surface area contributed by atoms with Gasteiger partial charge in [0.15, 0.2) is 10.3 Å². The minimum atomic E-state index is 0.0371. The molecule has 182 valence electrons. The summed E-state index contributed by atoms with van der Waals surface area (Å²) in [5, 5.41) is 7.73. The zero-order valence-electron chi connectivity index (χ0n) is 19.8. The highest BCUT2D eigenvalue weighted by Gasteiger charge is 2.16. The van der Waals surface area contributed by atoms with Crippen LogP contribution >= 0.6 is 23.1 Å². The number of morpholine rings is 1. The molecule has 3 heterocycles. The van der Waals surface area contributed by atoms with E-state index in [1.54, 1.807) is 28.0 Å². The Labute approximate surface area is 213 Å². The van der Waals surface area contributed by atoms with Crippen LogP contribution in [-0.4, -0.2) is 47.4 Å². The van der Waals surface area contributed by atoms with Crippen LogP contribution in [0, 0.1) is 6.92 Å². The summed E-state index contributed by atoms with van der Waals surface area (Å²) in [6.07, 6.45) is 0.935. The number of aromatic nitrogens is 3. The van der Waals surface area contributed by atoms with E-state index in [1.807, 2.05) is 28.8 Å². The van der Waals surface area contributed by atoms with Crippen LogP contribution in [0.25, 0.3) is 10.9 Å². The molecule has 5 rings (SSSR count). The van der Waals surface area contributed by atoms with Gasteiger partial charge in [0.1, 0.15) is 13.1 Å². The lowest BCUT2D eigenvalue weighted by molar-refractivity contribution is -0.908. The first-order chi connectivity index (χ1) is 17.2. The number of para-hydroxylation sites is 1. The minimum absolute atomic E-state index is 0.0371. The van der Waals surface area contributed by atoms with E-state index in [0.29, 0.717) is 17.7 Å². The van der Waals surface area contributed by atoms with Gasteiger partial charge in [-0.1, -0.05) is 41.6 Å². The first-order valence-corrected chi connectivity index (χ1v) is 13.8. The van der Waals surface area contributed by atoms with Crippen LogP contribution in [0.2, 0.25) is 0 Å². The van der Waals surface area contributed by atoms with Gasteiger partial charge in [0.2, 0.25) is 0 Å². The molecule has 35 heavy (non-hydrogen) atoms. The molecule has 0 radical (unpaired) electrons. The highest BCUT2D eigenvalue weighted by molar-refractivity contribution is 7.98. The second-order valence-corrected chi connectivity index (χ2v) is 10.6. The van der Waals surface area contributed by atoms with E-state index in [9.17, 15) is 4.79 Å². The number of nitrogens with one attached hydrogen (secondary N) is 2. The lowest BCUT2D eigenvalue weighted by Crippen LogP contribution is -3.14. The van der Waals surface area contributed by atoms with Crippen molar-refractivity contribution in [3.63, 3.8) is 0 Å². The van der Waals surface area contributed by atoms with Gasteiger partial charge in [0, 0.05) is 29.8 Å². The van der Waals surface area contributed by atoms with Crippen LogP contribution in [-0.2, 0) is 17.0 Å². The zero-order valence-corrected chi connectivity index (χ0v) is 21.5. The van der Waals surface area contributed by atoms with E-state index in [4.69, 9.17) is 14.7 Å². The van der Waals surface area contributed by atoms with Crippen molar-refractivity contribution in [3.05, 3.63) is 75.5 Å². The molecule has 0 atom stereocenters. The summed E-state index contributed by atoms with van der Waals surface area (Å²) in [7, 11) is 0. The standard InChI is InChI=1S/C26H29N5O2S2/c1-19-7-9-20(10-8-19)27-25-28-21(17-34-25)18-35-26-29-23-6-3-2-5-22(23)24(32)31(26)12-4-11-30-13-15-33-16-14-30/h2-3,5-10,17H,4,11-16,18H2,1H3,(H,27,28)/p+1. The van der Waals surface area contributed by atoms with Crippen molar-refractivity contribution < 1.29 is 9.64 Å². The molecular weight excluding hydrogens is 478 g/mol. The van der Waals surface area contributed by atoms with Gasteiger partial charge in [0.05, 0.1) is 36.4 Å². The molecule has 1 saturated heterocycles. The number of quaternary nitrogens is 1. The molecule has 0 unspecified atom stereocenters. The summed E-state index contributed by atoms with van der Waals surface area (Å²) in [5.41, 5.74) is 4.01. The highest BCUT2D eigenvalue weighted by atomic mass is 32.2. The number of nitrogens with zero attached hydrogens (tertiary/aromatic N) is 3. The van der Waals surface area contributed by atoms with Crippen molar-refractivity contribution in [3.8, 4) is 0 Å². The second kappa shape index (κ2) is 11.3. The molecule has 1 fully saturated rings. The van der Waals surface area contributed by atoms with Crippen molar-refractivity contribution in [2.75, 3.05) is 38.2 Å². The van der Waals surface area contributed by atoms with Crippen LogP contribution in [0.5, 0.6) is 0 Å². The van der Waals surface area contributed by atoms with Crippen LogP contribution in [0.1, 0.15) is 17.7 Å². The number of benzene rings is 2. The van der Waals surface area contributed by atoms with Gasteiger partial charge in [-0.15, -0.1) is 11.3 Å². The Kier molecular flexibility index (Phi) is 7.78. The van der Waals surface area contributed by atoms with Crippen molar-refractivity contribution in [2.24, 2.45) is 0 Å². The molecule has 4 aromatic rings. The van der Waals surface area contributed by atoms with E-state index in [1.165, 1.54) is 5.56 Å². The normalized spacial score (nSPS) is 14.4. The minimum Gasteiger partial charge on any atom is -0.370 e. The molecule has 0 spiro atoms. The third-order valence-corrected chi connectivity index (χ3v) is 7.96. The Balaban J connectivity index is 1.29. The maximum absolute atomic E-state index is 13.3. The number of hydrogen-bond acceptors (Lipinski definition) is 7. The van der Waals surface area contributed by atoms with Crippen LogP contribution < -0.4 is 15.8 Å². The zero-order chi connectivity index (χ0) is 24.0. The molecular formula is C26H30N5O2S2+. The summed E-state index contributed by atoms with van der Waals surface area (Å²) in [5.74, 6) is 0.658. The van der Waals surface area contributed by atoms with Crippen molar-refractivity contribution in [1.29, 1.82) is 0 Å². The fraction of sp³-hybridized carbons (Fsp3) is 0.346. The highest BCUT2D eigenvalue weighted by Crippen LogP contribution is 2.26. The molecule has 7 nitrogen and oxygen atoms in total. The molecule has 0 amide bonds. The summed E-state index contributed by atoms with van der Waals surface area (Å²) in [6, 6.07) is 15.9. The summed E-state index contributed by atoms with van der Waals surface area (Å²) in [4.78, 5) is 24.5. The average Bonchev–Trinajstić information content (AvgIpc) is 3.33. The van der Waals surface area contributed by atoms with Gasteiger partial charge in [-0.05, 0) is 31.2 Å². The van der Waals surface area contributed by atoms with Gasteiger partial charge in [-0.3, -0.25) is 9.36 Å². The predicted molar refractivity (Wildman–Crippen MR) is 143 cm³/mol. The SMILES string of the molecule is Cc1ccc(Nc2nc(CSc3nc4ccccc4c(=O)n3CCC[NH+]3CCOCC3)cs2)cc1. The van der Waals surface area contributed by atoms with Gasteiger partial charge in [0.25, 0.3) is 5.56 Å². The first kappa shape index (κ1) is 24.0. The number of anilines is 2. The van der Waals surface area contributed by atoms with E-state index < -0.39 is 0 Å². The van der Waals surface area contributed by atoms with Crippen LogP contribution in [0.15, 0.2) is 63.9 Å². The number of thioether (sulfide) groups is 1. The smallest absolute Gasteiger partial charge is 0.262 e. The lowest BCUT2D eigenvalue weighted by Gasteiger charge is -2.24. The number of ether oxygens (including phenoxy) is 1. The average molecular weight is 509 g/mol. The van der Waals surface area contributed by atoms with E-state index in [2.05, 4.69) is 41.9 Å². The summed E-state index contributed by atoms with van der Waals surface area (Å²) >= 11 is 3.16. The van der Waals surface area contributed by atoms with Gasteiger partial charge in [-0.25, -0.2) is 9.97 Å². The Morgan fingerprint density at radius 2 is 1.91 bits per heavy atom. The molecule has 0 saturated carbocycles. The quantitative estimate of drug-likeness (QED) is 0.266. The van der Waals surface area contributed by atoms with Crippen LogP contribution in [0.4, 0.5) is 10.8 Å². The Hall–Kier alpha value is -2.72. The third-order valence-electron chi connectivity index (χ3n) is 6.14. The monoisotopic (exact) mass is 508 g/mol. The van der Waals surface area contributed by atoms with Gasteiger partial charge in [-0.2, -0.15) is 0 Å². The second-order valence-electron chi connectivity index (χ2n) is 8.76. The number of thiazole rings is 1. The molecule has 2 aromatic heterocycles. The summed E-state index contributed by atoms with van der Waals surface area (Å²) < 4.78 is 7.32. The molecule has 1 aliphatic heterocycles. The Morgan fingerprint density at radius 1 is 1.11 bits per heavy atom. The lowest BCUT2D eigenvalue weighted by atomic mass is 10.2. The van der Waals surface area contributed by atoms with Crippen molar-refractivity contribution in [2.45, 2.75) is 30.8 Å². The maximum atomic E-state index is 13.3. The van der Waals surface area contributed by atoms with Crippen molar-refractivity contribution >= 4 is 44.8 Å². The predicted octanol–water partition coefficient (Wildman–Crippen LogP) is 3.50. The Bertz CT molecular complexity index is 1330. The van der Waals surface area contributed by atoms with Gasteiger partial charge >= 0.3 is 0 Å². The fourth-order valence-electron chi connectivity index (χ4n) is 4.18. The van der Waals surface area contributed by atoms with Crippen LogP contribution in [0.3, 0.4) is 0 Å². The number of hydrogen-bond donors (Lipinski definition) is 2. The van der Waals surface area contributed by atoms with E-state index in [0.717, 1.165) is 66.5 Å². The third kappa shape index (κ3) is 6.10. The van der Waals surface area contributed by atoms with Gasteiger partial charge < -0.3 is 15.0 Å². The Morgan fingerprint density at radius 3 is 2.74 bits per heavy atom. The number of rotatable bonds is 9. The first-order valence-electron chi connectivity index (χ1n) is 12.0. The van der Waals surface area contributed by atoms with Crippen molar-refractivity contribution in [1.82, 2.24) is 14.5 Å².